The van der Waals surface area contributed by atoms with E-state index < -0.39 is 0 Å². The predicted molar refractivity (Wildman–Crippen MR) is 64.4 cm³/mol. The quantitative estimate of drug-likeness (QED) is 0.446. The summed E-state index contributed by atoms with van der Waals surface area (Å²) >= 11 is 0. The highest BCUT2D eigenvalue weighted by Crippen LogP contribution is 1.94. The molecular formula is C12H25NO3. The SMILES string of the molecule is CCOC(=O)CCN(C)CCOCC(C)C. The Morgan fingerprint density at radius 1 is 1.31 bits per heavy atom. The van der Waals surface area contributed by atoms with Crippen LogP contribution in [-0.4, -0.2) is 50.8 Å². The molecule has 0 bridgehead atoms. The maximum absolute atomic E-state index is 11.1. The molecule has 0 aliphatic rings. The third-order valence-electron chi connectivity index (χ3n) is 2.07. The lowest BCUT2D eigenvalue weighted by Gasteiger charge is -2.16. The number of hydrogen-bond acceptors (Lipinski definition) is 4. The second-order valence-electron chi connectivity index (χ2n) is 4.33. The van der Waals surface area contributed by atoms with Gasteiger partial charge in [0.05, 0.1) is 19.6 Å². The topological polar surface area (TPSA) is 38.8 Å². The molecule has 16 heavy (non-hydrogen) atoms. The molecule has 0 aliphatic carbocycles. The fraction of sp³-hybridized carbons (Fsp3) is 0.917. The van der Waals surface area contributed by atoms with Crippen LogP contribution in [0, 0.1) is 5.92 Å². The van der Waals surface area contributed by atoms with Gasteiger partial charge in [-0.1, -0.05) is 13.8 Å². The standard InChI is InChI=1S/C12H25NO3/c1-5-16-12(14)6-7-13(4)8-9-15-10-11(2)3/h11H,5-10H2,1-4H3. The minimum atomic E-state index is -0.127. The van der Waals surface area contributed by atoms with Crippen molar-refractivity contribution in [3.63, 3.8) is 0 Å². The summed E-state index contributed by atoms with van der Waals surface area (Å²) in [6.07, 6.45) is 0.453. The van der Waals surface area contributed by atoms with Crippen LogP contribution >= 0.6 is 0 Å². The van der Waals surface area contributed by atoms with Crippen LogP contribution in [0.25, 0.3) is 0 Å². The molecule has 0 aromatic rings. The smallest absolute Gasteiger partial charge is 0.307 e. The van der Waals surface area contributed by atoms with Crippen molar-refractivity contribution >= 4 is 5.97 Å². The molecule has 0 amide bonds. The first kappa shape index (κ1) is 15.4. The molecule has 0 spiro atoms. The molecular weight excluding hydrogens is 206 g/mol. The Hall–Kier alpha value is -0.610. The highest BCUT2D eigenvalue weighted by molar-refractivity contribution is 5.69. The van der Waals surface area contributed by atoms with E-state index in [-0.39, 0.29) is 5.97 Å². The lowest BCUT2D eigenvalue weighted by atomic mass is 10.2. The monoisotopic (exact) mass is 231 g/mol. The van der Waals surface area contributed by atoms with E-state index in [1.165, 1.54) is 0 Å². The van der Waals surface area contributed by atoms with Gasteiger partial charge in [-0.15, -0.1) is 0 Å². The largest absolute Gasteiger partial charge is 0.466 e. The van der Waals surface area contributed by atoms with Crippen molar-refractivity contribution in [2.45, 2.75) is 27.2 Å². The van der Waals surface area contributed by atoms with E-state index in [4.69, 9.17) is 9.47 Å². The van der Waals surface area contributed by atoms with Gasteiger partial charge in [-0.3, -0.25) is 4.79 Å². The van der Waals surface area contributed by atoms with Gasteiger partial charge in [0.25, 0.3) is 0 Å². The fourth-order valence-electron chi connectivity index (χ4n) is 1.17. The first-order chi connectivity index (χ1) is 7.56. The van der Waals surface area contributed by atoms with Crippen LogP contribution in [0.1, 0.15) is 27.2 Å². The van der Waals surface area contributed by atoms with Crippen molar-refractivity contribution in [1.29, 1.82) is 0 Å². The van der Waals surface area contributed by atoms with E-state index in [9.17, 15) is 4.79 Å². The Labute approximate surface area is 98.9 Å². The fourth-order valence-corrected chi connectivity index (χ4v) is 1.17. The molecule has 0 saturated carbocycles. The molecule has 0 aromatic heterocycles. The van der Waals surface area contributed by atoms with Crippen molar-refractivity contribution in [3.05, 3.63) is 0 Å². The van der Waals surface area contributed by atoms with Gasteiger partial charge in [0.15, 0.2) is 0 Å². The molecule has 0 radical (unpaired) electrons. The number of rotatable bonds is 9. The molecule has 0 aliphatic heterocycles. The summed E-state index contributed by atoms with van der Waals surface area (Å²) < 4.78 is 10.3. The molecule has 96 valence electrons. The normalized spacial score (nSPS) is 11.1. The van der Waals surface area contributed by atoms with Crippen molar-refractivity contribution in [3.8, 4) is 0 Å². The molecule has 0 heterocycles. The first-order valence-corrected chi connectivity index (χ1v) is 5.98. The number of carbonyl (C=O) groups excluding carboxylic acids is 1. The van der Waals surface area contributed by atoms with E-state index in [1.807, 2.05) is 14.0 Å². The summed E-state index contributed by atoms with van der Waals surface area (Å²) in [4.78, 5) is 13.2. The molecule has 0 saturated heterocycles. The van der Waals surface area contributed by atoms with Crippen molar-refractivity contribution in [2.75, 3.05) is 40.0 Å². The second-order valence-corrected chi connectivity index (χ2v) is 4.33. The van der Waals surface area contributed by atoms with Gasteiger partial charge in [0, 0.05) is 19.7 Å². The Morgan fingerprint density at radius 2 is 2.00 bits per heavy atom. The lowest BCUT2D eigenvalue weighted by Crippen LogP contribution is -2.26. The van der Waals surface area contributed by atoms with Crippen molar-refractivity contribution in [1.82, 2.24) is 4.90 Å². The van der Waals surface area contributed by atoms with Gasteiger partial charge < -0.3 is 14.4 Å². The molecule has 0 unspecified atom stereocenters. The number of carbonyl (C=O) groups is 1. The Bertz CT molecular complexity index is 183. The summed E-state index contributed by atoms with van der Waals surface area (Å²) in [6.45, 7) is 9.63. The number of likely N-dealkylation sites (N-methyl/N-ethyl adjacent to an activating group) is 1. The average molecular weight is 231 g/mol. The van der Waals surface area contributed by atoms with Gasteiger partial charge >= 0.3 is 5.97 Å². The van der Waals surface area contributed by atoms with Gasteiger partial charge in [0.2, 0.25) is 0 Å². The third-order valence-corrected chi connectivity index (χ3v) is 2.07. The third kappa shape index (κ3) is 9.93. The van der Waals surface area contributed by atoms with Crippen LogP contribution in [0.3, 0.4) is 0 Å². The Kier molecular flexibility index (Phi) is 9.24. The molecule has 4 heteroatoms. The Balaban J connectivity index is 3.37. The summed E-state index contributed by atoms with van der Waals surface area (Å²) in [5.74, 6) is 0.447. The van der Waals surface area contributed by atoms with Gasteiger partial charge in [-0.05, 0) is 19.9 Å². The summed E-state index contributed by atoms with van der Waals surface area (Å²) in [6, 6.07) is 0. The maximum atomic E-state index is 11.1. The molecule has 0 rings (SSSR count). The van der Waals surface area contributed by atoms with E-state index >= 15 is 0 Å². The first-order valence-electron chi connectivity index (χ1n) is 5.98. The van der Waals surface area contributed by atoms with Crippen LogP contribution in [0.5, 0.6) is 0 Å². The van der Waals surface area contributed by atoms with Crippen LogP contribution < -0.4 is 0 Å². The zero-order chi connectivity index (χ0) is 12.4. The number of nitrogens with zero attached hydrogens (tertiary/aromatic N) is 1. The molecule has 0 atom stereocenters. The van der Waals surface area contributed by atoms with Crippen LogP contribution in [-0.2, 0) is 14.3 Å². The van der Waals surface area contributed by atoms with E-state index in [0.29, 0.717) is 18.9 Å². The zero-order valence-corrected chi connectivity index (χ0v) is 11.0. The van der Waals surface area contributed by atoms with Gasteiger partial charge in [0.1, 0.15) is 0 Å². The van der Waals surface area contributed by atoms with E-state index in [0.717, 1.165) is 26.3 Å². The van der Waals surface area contributed by atoms with Crippen LogP contribution in [0.15, 0.2) is 0 Å². The molecule has 4 nitrogen and oxygen atoms in total. The maximum Gasteiger partial charge on any atom is 0.307 e. The molecule has 0 N–H and O–H groups in total. The second kappa shape index (κ2) is 9.60. The number of hydrogen-bond donors (Lipinski definition) is 0. The van der Waals surface area contributed by atoms with Crippen molar-refractivity contribution in [2.24, 2.45) is 5.92 Å². The highest BCUT2D eigenvalue weighted by Gasteiger charge is 2.04. The minimum absolute atomic E-state index is 0.127. The number of ether oxygens (including phenoxy) is 2. The van der Waals surface area contributed by atoms with Gasteiger partial charge in [-0.25, -0.2) is 0 Å². The highest BCUT2D eigenvalue weighted by atomic mass is 16.5. The average Bonchev–Trinajstić information content (AvgIpc) is 2.22. The van der Waals surface area contributed by atoms with Crippen molar-refractivity contribution < 1.29 is 14.3 Å². The summed E-state index contributed by atoms with van der Waals surface area (Å²) in [5.41, 5.74) is 0. The molecule has 0 fully saturated rings. The Morgan fingerprint density at radius 3 is 2.56 bits per heavy atom. The van der Waals surface area contributed by atoms with Crippen LogP contribution in [0.4, 0.5) is 0 Å². The zero-order valence-electron chi connectivity index (χ0n) is 11.0. The molecule has 0 aromatic carbocycles. The lowest BCUT2D eigenvalue weighted by molar-refractivity contribution is -0.143. The minimum Gasteiger partial charge on any atom is -0.466 e. The van der Waals surface area contributed by atoms with Crippen LogP contribution in [0.2, 0.25) is 0 Å². The summed E-state index contributed by atoms with van der Waals surface area (Å²) in [7, 11) is 1.98. The number of esters is 1. The van der Waals surface area contributed by atoms with E-state index in [2.05, 4.69) is 18.7 Å². The predicted octanol–water partition coefficient (Wildman–Crippen LogP) is 1.54. The van der Waals surface area contributed by atoms with E-state index in [1.54, 1.807) is 0 Å². The summed E-state index contributed by atoms with van der Waals surface area (Å²) in [5, 5.41) is 0. The van der Waals surface area contributed by atoms with Gasteiger partial charge in [-0.2, -0.15) is 0 Å².